The SMILES string of the molecule is C=CCCCC.CC(=O)S. The van der Waals surface area contributed by atoms with E-state index in [-0.39, 0.29) is 5.12 Å². The van der Waals surface area contributed by atoms with E-state index in [2.05, 4.69) is 26.1 Å². The molecule has 0 fully saturated rings. The number of hydrogen-bond donors (Lipinski definition) is 1. The smallest absolute Gasteiger partial charge is 0.182 e. The zero-order chi connectivity index (χ0) is 8.41. The number of carbonyl (C=O) groups is 1. The predicted octanol–water partition coefficient (Wildman–Crippen LogP) is 2.83. The largest absolute Gasteiger partial charge is 0.288 e. The van der Waals surface area contributed by atoms with Crippen molar-refractivity contribution < 1.29 is 4.79 Å². The van der Waals surface area contributed by atoms with Crippen molar-refractivity contribution in [2.45, 2.75) is 33.1 Å². The fraction of sp³-hybridized carbons (Fsp3) is 0.625. The first-order chi connectivity index (χ1) is 4.65. The van der Waals surface area contributed by atoms with Gasteiger partial charge in [0.1, 0.15) is 0 Å². The van der Waals surface area contributed by atoms with Crippen LogP contribution >= 0.6 is 12.6 Å². The van der Waals surface area contributed by atoms with Crippen LogP contribution in [0.3, 0.4) is 0 Å². The first kappa shape index (κ1) is 12.4. The van der Waals surface area contributed by atoms with Gasteiger partial charge in [-0.25, -0.2) is 0 Å². The van der Waals surface area contributed by atoms with Crippen molar-refractivity contribution in [1.82, 2.24) is 0 Å². The third-order valence-corrected chi connectivity index (χ3v) is 0.762. The molecule has 0 aromatic heterocycles. The molecular weight excluding hydrogens is 144 g/mol. The molecule has 1 nitrogen and oxygen atoms in total. The van der Waals surface area contributed by atoms with Gasteiger partial charge in [0.25, 0.3) is 0 Å². The minimum Gasteiger partial charge on any atom is -0.288 e. The summed E-state index contributed by atoms with van der Waals surface area (Å²) < 4.78 is 0. The van der Waals surface area contributed by atoms with Gasteiger partial charge in [-0.3, -0.25) is 4.79 Å². The Kier molecular flexibility index (Phi) is 14.4. The highest BCUT2D eigenvalue weighted by atomic mass is 32.1. The summed E-state index contributed by atoms with van der Waals surface area (Å²) in [7, 11) is 0. The highest BCUT2D eigenvalue weighted by molar-refractivity contribution is 7.96. The highest BCUT2D eigenvalue weighted by Gasteiger charge is 1.71. The minimum absolute atomic E-state index is 0.139. The maximum absolute atomic E-state index is 9.31. The van der Waals surface area contributed by atoms with Gasteiger partial charge in [-0.15, -0.1) is 19.2 Å². The van der Waals surface area contributed by atoms with Crippen LogP contribution < -0.4 is 0 Å². The van der Waals surface area contributed by atoms with Crippen molar-refractivity contribution in [2.75, 3.05) is 0 Å². The summed E-state index contributed by atoms with van der Waals surface area (Å²) in [5, 5.41) is -0.139. The van der Waals surface area contributed by atoms with Crippen LogP contribution in [0.4, 0.5) is 0 Å². The summed E-state index contributed by atoms with van der Waals surface area (Å²) in [6.45, 7) is 7.17. The van der Waals surface area contributed by atoms with Crippen molar-refractivity contribution in [2.24, 2.45) is 0 Å². The van der Waals surface area contributed by atoms with Gasteiger partial charge in [-0.05, 0) is 6.42 Å². The molecule has 0 aliphatic heterocycles. The maximum Gasteiger partial charge on any atom is 0.182 e. The number of unbranched alkanes of at least 4 members (excludes halogenated alkanes) is 2. The van der Waals surface area contributed by atoms with E-state index in [1.807, 2.05) is 6.08 Å². The molecule has 0 saturated heterocycles. The fourth-order valence-corrected chi connectivity index (χ4v) is 0.348. The molecule has 0 spiro atoms. The normalized spacial score (nSPS) is 7.50. The van der Waals surface area contributed by atoms with Crippen LogP contribution in [-0.4, -0.2) is 5.12 Å². The quantitative estimate of drug-likeness (QED) is 0.381. The Bertz CT molecular complexity index is 85.3. The van der Waals surface area contributed by atoms with Gasteiger partial charge in [-0.2, -0.15) is 0 Å². The van der Waals surface area contributed by atoms with E-state index in [9.17, 15) is 4.79 Å². The van der Waals surface area contributed by atoms with Gasteiger partial charge >= 0.3 is 0 Å². The summed E-state index contributed by atoms with van der Waals surface area (Å²) in [5.41, 5.74) is 0. The van der Waals surface area contributed by atoms with Crippen LogP contribution in [0.15, 0.2) is 12.7 Å². The Morgan fingerprint density at radius 1 is 1.70 bits per heavy atom. The Morgan fingerprint density at radius 3 is 2.20 bits per heavy atom. The van der Waals surface area contributed by atoms with Gasteiger partial charge in [0, 0.05) is 6.92 Å². The molecule has 0 atom stereocenters. The zero-order valence-electron chi connectivity index (χ0n) is 6.76. The highest BCUT2D eigenvalue weighted by Crippen LogP contribution is 1.91. The van der Waals surface area contributed by atoms with E-state index in [0.29, 0.717) is 0 Å². The predicted molar refractivity (Wildman–Crippen MR) is 49.4 cm³/mol. The molecule has 0 aromatic carbocycles. The van der Waals surface area contributed by atoms with Crippen molar-refractivity contribution in [3.8, 4) is 0 Å². The van der Waals surface area contributed by atoms with Crippen LogP contribution in [0.25, 0.3) is 0 Å². The molecule has 0 aliphatic carbocycles. The Hall–Kier alpha value is -0.240. The summed E-state index contributed by atoms with van der Waals surface area (Å²) >= 11 is 3.33. The fourth-order valence-electron chi connectivity index (χ4n) is 0.348. The molecule has 0 bridgehead atoms. The molecule has 0 aromatic rings. The molecule has 0 unspecified atom stereocenters. The lowest BCUT2D eigenvalue weighted by atomic mass is 10.3. The van der Waals surface area contributed by atoms with E-state index >= 15 is 0 Å². The molecule has 0 rings (SSSR count). The molecule has 2 heteroatoms. The first-order valence-corrected chi connectivity index (χ1v) is 3.90. The molecule has 0 saturated carbocycles. The maximum atomic E-state index is 9.31. The topological polar surface area (TPSA) is 17.1 Å². The third-order valence-electron chi connectivity index (χ3n) is 0.762. The standard InChI is InChI=1S/C6H12.C2H4OS/c1-3-5-6-4-2;1-2(3)4/h3H,1,4-6H2,2H3;1H3,(H,3,4). The monoisotopic (exact) mass is 160 g/mol. The van der Waals surface area contributed by atoms with E-state index in [4.69, 9.17) is 0 Å². The Balaban J connectivity index is 0. The minimum atomic E-state index is -0.139. The lowest BCUT2D eigenvalue weighted by Gasteiger charge is -1.81. The summed E-state index contributed by atoms with van der Waals surface area (Å²) in [6.07, 6.45) is 5.72. The Labute approximate surface area is 68.9 Å². The lowest BCUT2D eigenvalue weighted by molar-refractivity contribution is -0.108. The summed E-state index contributed by atoms with van der Waals surface area (Å²) in [5.74, 6) is 0. The van der Waals surface area contributed by atoms with E-state index in [0.717, 1.165) is 0 Å². The van der Waals surface area contributed by atoms with E-state index < -0.39 is 0 Å². The number of rotatable bonds is 3. The molecule has 60 valence electrons. The summed E-state index contributed by atoms with van der Waals surface area (Å²) in [6, 6.07) is 0. The zero-order valence-corrected chi connectivity index (χ0v) is 7.66. The molecule has 0 aliphatic rings. The van der Waals surface area contributed by atoms with Crippen LogP contribution in [0.1, 0.15) is 33.1 Å². The second-order valence-electron chi connectivity index (χ2n) is 1.95. The summed E-state index contributed by atoms with van der Waals surface area (Å²) in [4.78, 5) is 9.31. The Morgan fingerprint density at radius 2 is 2.10 bits per heavy atom. The van der Waals surface area contributed by atoms with Crippen molar-refractivity contribution in [1.29, 1.82) is 0 Å². The van der Waals surface area contributed by atoms with Crippen molar-refractivity contribution >= 4 is 17.7 Å². The van der Waals surface area contributed by atoms with Crippen molar-refractivity contribution in [3.05, 3.63) is 12.7 Å². The van der Waals surface area contributed by atoms with Gasteiger partial charge in [-0.1, -0.05) is 25.8 Å². The van der Waals surface area contributed by atoms with Gasteiger partial charge in [0.15, 0.2) is 5.12 Å². The van der Waals surface area contributed by atoms with Crippen LogP contribution in [0.2, 0.25) is 0 Å². The number of thiol groups is 1. The second kappa shape index (κ2) is 11.5. The van der Waals surface area contributed by atoms with Gasteiger partial charge in [0.2, 0.25) is 0 Å². The first-order valence-electron chi connectivity index (χ1n) is 3.45. The van der Waals surface area contributed by atoms with Crippen LogP contribution in [0, 0.1) is 0 Å². The number of hydrogen-bond acceptors (Lipinski definition) is 1. The van der Waals surface area contributed by atoms with E-state index in [1.54, 1.807) is 0 Å². The number of allylic oxidation sites excluding steroid dienone is 1. The van der Waals surface area contributed by atoms with Crippen LogP contribution in [-0.2, 0) is 4.79 Å². The van der Waals surface area contributed by atoms with E-state index in [1.165, 1.54) is 26.2 Å². The molecule has 0 heterocycles. The van der Waals surface area contributed by atoms with Gasteiger partial charge < -0.3 is 0 Å². The molecule has 0 radical (unpaired) electrons. The molecule has 0 amide bonds. The molecule has 10 heavy (non-hydrogen) atoms. The van der Waals surface area contributed by atoms with Crippen molar-refractivity contribution in [3.63, 3.8) is 0 Å². The van der Waals surface area contributed by atoms with Gasteiger partial charge in [0.05, 0.1) is 0 Å². The second-order valence-corrected chi connectivity index (χ2v) is 2.58. The third kappa shape index (κ3) is 46.6. The molecular formula is C8H16OS. The molecule has 0 N–H and O–H groups in total. The number of carbonyl (C=O) groups excluding carboxylic acids is 1. The average molecular weight is 160 g/mol. The lowest BCUT2D eigenvalue weighted by Crippen LogP contribution is -1.62. The average Bonchev–Trinajstić information content (AvgIpc) is 1.82. The van der Waals surface area contributed by atoms with Crippen LogP contribution in [0.5, 0.6) is 0 Å².